The number of rotatable bonds is 6. The zero-order valence-corrected chi connectivity index (χ0v) is 14.5. The molecule has 0 amide bonds. The lowest BCUT2D eigenvalue weighted by Crippen LogP contribution is -2.43. The van der Waals surface area contributed by atoms with Crippen LogP contribution in [0.1, 0.15) is 51.5 Å². The van der Waals surface area contributed by atoms with E-state index in [-0.39, 0.29) is 0 Å². The third-order valence-electron chi connectivity index (χ3n) is 4.58. The quantitative estimate of drug-likeness (QED) is 0.627. The Hall–Kier alpha value is -1.52. The van der Waals surface area contributed by atoms with Crippen molar-refractivity contribution >= 4 is 5.96 Å². The van der Waals surface area contributed by atoms with Gasteiger partial charge in [0.25, 0.3) is 0 Å². The number of aliphatic imine (C=N–C) groups is 1. The highest BCUT2D eigenvalue weighted by Crippen LogP contribution is 2.42. The first-order chi connectivity index (χ1) is 10.5. The molecule has 0 unspecified atom stereocenters. The van der Waals surface area contributed by atoms with Gasteiger partial charge in [-0.15, -0.1) is 0 Å². The molecule has 2 N–H and O–H groups in total. The SMILES string of the molecule is CN=C(NCc1cnn(C)c1)NCC1(CC(C)C)CCCC1. The first-order valence-corrected chi connectivity index (χ1v) is 8.45. The highest BCUT2D eigenvalue weighted by molar-refractivity contribution is 5.79. The summed E-state index contributed by atoms with van der Waals surface area (Å²) in [5, 5.41) is 11.1. The molecular formula is C17H31N5. The summed E-state index contributed by atoms with van der Waals surface area (Å²) in [4.78, 5) is 4.35. The van der Waals surface area contributed by atoms with Gasteiger partial charge in [-0.3, -0.25) is 9.67 Å². The fourth-order valence-corrected chi connectivity index (χ4v) is 3.68. The van der Waals surface area contributed by atoms with E-state index in [1.165, 1.54) is 37.7 Å². The number of aromatic nitrogens is 2. The number of guanidine groups is 1. The van der Waals surface area contributed by atoms with E-state index in [1.54, 1.807) is 0 Å². The van der Waals surface area contributed by atoms with Gasteiger partial charge in [-0.2, -0.15) is 5.10 Å². The molecule has 5 heteroatoms. The summed E-state index contributed by atoms with van der Waals surface area (Å²) in [5.41, 5.74) is 1.63. The zero-order chi connectivity index (χ0) is 16.0. The minimum absolute atomic E-state index is 0.458. The summed E-state index contributed by atoms with van der Waals surface area (Å²) in [6.45, 7) is 6.44. The van der Waals surface area contributed by atoms with E-state index < -0.39 is 0 Å². The molecule has 1 aliphatic carbocycles. The normalized spacial score (nSPS) is 18.0. The van der Waals surface area contributed by atoms with E-state index in [0.29, 0.717) is 5.41 Å². The van der Waals surface area contributed by atoms with Gasteiger partial charge in [-0.25, -0.2) is 0 Å². The Bertz CT molecular complexity index is 483. The van der Waals surface area contributed by atoms with Gasteiger partial charge in [-0.1, -0.05) is 26.7 Å². The lowest BCUT2D eigenvalue weighted by Gasteiger charge is -2.31. The van der Waals surface area contributed by atoms with Crippen LogP contribution in [0.2, 0.25) is 0 Å². The monoisotopic (exact) mass is 305 g/mol. The van der Waals surface area contributed by atoms with Gasteiger partial charge in [0.05, 0.1) is 6.20 Å². The van der Waals surface area contributed by atoms with Crippen LogP contribution in [0.15, 0.2) is 17.4 Å². The lowest BCUT2D eigenvalue weighted by atomic mass is 9.78. The molecule has 124 valence electrons. The van der Waals surface area contributed by atoms with E-state index in [4.69, 9.17) is 0 Å². The van der Waals surface area contributed by atoms with Crippen molar-refractivity contribution in [1.29, 1.82) is 0 Å². The summed E-state index contributed by atoms with van der Waals surface area (Å²) >= 11 is 0. The third kappa shape index (κ3) is 4.75. The Kier molecular flexibility index (Phi) is 5.86. The standard InChI is InChI=1S/C17H31N5/c1-14(2)9-17(7-5-6-8-17)13-20-16(18-3)19-10-15-11-21-22(4)12-15/h11-12,14H,5-10,13H2,1-4H3,(H2,18,19,20). The second-order valence-electron chi connectivity index (χ2n) is 7.11. The summed E-state index contributed by atoms with van der Waals surface area (Å²) in [6, 6.07) is 0. The molecule has 1 heterocycles. The van der Waals surface area contributed by atoms with Gasteiger partial charge in [0.15, 0.2) is 5.96 Å². The van der Waals surface area contributed by atoms with E-state index in [1.807, 2.05) is 31.2 Å². The second-order valence-corrected chi connectivity index (χ2v) is 7.11. The molecule has 0 aromatic carbocycles. The third-order valence-corrected chi connectivity index (χ3v) is 4.58. The van der Waals surface area contributed by atoms with Gasteiger partial charge in [-0.05, 0) is 30.6 Å². The van der Waals surface area contributed by atoms with Crippen molar-refractivity contribution in [2.75, 3.05) is 13.6 Å². The number of nitrogens with zero attached hydrogens (tertiary/aromatic N) is 3. The molecule has 0 atom stereocenters. The van der Waals surface area contributed by atoms with E-state index in [9.17, 15) is 0 Å². The van der Waals surface area contributed by atoms with Crippen LogP contribution >= 0.6 is 0 Å². The predicted molar refractivity (Wildman–Crippen MR) is 91.8 cm³/mol. The van der Waals surface area contributed by atoms with E-state index >= 15 is 0 Å². The maximum Gasteiger partial charge on any atom is 0.191 e. The van der Waals surface area contributed by atoms with Crippen molar-refractivity contribution < 1.29 is 0 Å². The van der Waals surface area contributed by atoms with Crippen molar-refractivity contribution in [3.8, 4) is 0 Å². The summed E-state index contributed by atoms with van der Waals surface area (Å²) in [5.74, 6) is 1.64. The lowest BCUT2D eigenvalue weighted by molar-refractivity contribution is 0.235. The van der Waals surface area contributed by atoms with Crippen molar-refractivity contribution in [2.24, 2.45) is 23.4 Å². The largest absolute Gasteiger partial charge is 0.356 e. The topological polar surface area (TPSA) is 54.2 Å². The summed E-state index contributed by atoms with van der Waals surface area (Å²) in [7, 11) is 3.77. The molecule has 0 spiro atoms. The maximum atomic E-state index is 4.35. The molecule has 1 aliphatic rings. The highest BCUT2D eigenvalue weighted by atomic mass is 15.2. The molecular weight excluding hydrogens is 274 g/mol. The van der Waals surface area contributed by atoms with Gasteiger partial charge in [0.1, 0.15) is 0 Å². The molecule has 22 heavy (non-hydrogen) atoms. The van der Waals surface area contributed by atoms with Crippen LogP contribution in [-0.4, -0.2) is 29.3 Å². The minimum Gasteiger partial charge on any atom is -0.356 e. The first-order valence-electron chi connectivity index (χ1n) is 8.45. The predicted octanol–water partition coefficient (Wildman–Crippen LogP) is 2.69. The molecule has 1 saturated carbocycles. The molecule has 0 bridgehead atoms. The van der Waals surface area contributed by atoms with Crippen LogP contribution in [0.4, 0.5) is 0 Å². The van der Waals surface area contributed by atoms with Crippen molar-refractivity contribution in [3.05, 3.63) is 18.0 Å². The Morgan fingerprint density at radius 1 is 1.36 bits per heavy atom. The Labute approximate surface area is 134 Å². The molecule has 0 radical (unpaired) electrons. The van der Waals surface area contributed by atoms with Gasteiger partial charge >= 0.3 is 0 Å². The molecule has 1 aromatic rings. The van der Waals surface area contributed by atoms with Crippen molar-refractivity contribution in [3.63, 3.8) is 0 Å². The van der Waals surface area contributed by atoms with Gasteiger partial charge in [0.2, 0.25) is 0 Å². The van der Waals surface area contributed by atoms with E-state index in [2.05, 4.69) is 34.6 Å². The fraction of sp³-hybridized carbons (Fsp3) is 0.765. The molecule has 5 nitrogen and oxygen atoms in total. The highest BCUT2D eigenvalue weighted by Gasteiger charge is 2.34. The van der Waals surface area contributed by atoms with Crippen LogP contribution in [0.3, 0.4) is 0 Å². The Balaban J connectivity index is 1.84. The van der Waals surface area contributed by atoms with Crippen molar-refractivity contribution in [1.82, 2.24) is 20.4 Å². The van der Waals surface area contributed by atoms with Crippen molar-refractivity contribution in [2.45, 2.75) is 52.5 Å². The minimum atomic E-state index is 0.458. The molecule has 0 saturated heterocycles. The zero-order valence-electron chi connectivity index (χ0n) is 14.5. The molecule has 2 rings (SSSR count). The number of hydrogen-bond donors (Lipinski definition) is 2. The van der Waals surface area contributed by atoms with Crippen LogP contribution in [-0.2, 0) is 13.6 Å². The van der Waals surface area contributed by atoms with Crippen LogP contribution in [0.25, 0.3) is 0 Å². The number of aryl methyl sites for hydroxylation is 1. The molecule has 0 aliphatic heterocycles. The first kappa shape index (κ1) is 16.8. The Morgan fingerprint density at radius 3 is 2.64 bits per heavy atom. The summed E-state index contributed by atoms with van der Waals surface area (Å²) in [6.07, 6.45) is 10.6. The average molecular weight is 305 g/mol. The van der Waals surface area contributed by atoms with Crippen LogP contribution < -0.4 is 10.6 Å². The number of hydrogen-bond acceptors (Lipinski definition) is 2. The summed E-state index contributed by atoms with van der Waals surface area (Å²) < 4.78 is 1.82. The smallest absolute Gasteiger partial charge is 0.191 e. The van der Waals surface area contributed by atoms with Gasteiger partial charge < -0.3 is 10.6 Å². The Morgan fingerprint density at radius 2 is 2.09 bits per heavy atom. The van der Waals surface area contributed by atoms with E-state index in [0.717, 1.165) is 25.0 Å². The van der Waals surface area contributed by atoms with Crippen LogP contribution in [0.5, 0.6) is 0 Å². The second kappa shape index (κ2) is 7.65. The molecule has 1 fully saturated rings. The van der Waals surface area contributed by atoms with Crippen LogP contribution in [0, 0.1) is 11.3 Å². The average Bonchev–Trinajstić information content (AvgIpc) is 3.08. The maximum absolute atomic E-state index is 4.35. The number of nitrogens with one attached hydrogen (secondary N) is 2. The van der Waals surface area contributed by atoms with Gasteiger partial charge in [0, 0.05) is 38.9 Å². The fourth-order valence-electron chi connectivity index (χ4n) is 3.68. The molecule has 1 aromatic heterocycles.